The van der Waals surface area contributed by atoms with E-state index in [-0.39, 0.29) is 0 Å². The normalized spacial score (nSPS) is 11.7. The van der Waals surface area contributed by atoms with E-state index < -0.39 is 0 Å². The van der Waals surface area contributed by atoms with Gasteiger partial charge in [-0.15, -0.1) is 0 Å². The van der Waals surface area contributed by atoms with E-state index in [0.29, 0.717) is 22.8 Å². The first-order valence-electron chi connectivity index (χ1n) is 12.0. The molecule has 0 saturated heterocycles. The number of furan rings is 2. The van der Waals surface area contributed by atoms with Crippen LogP contribution in [0.25, 0.3) is 78.0 Å². The van der Waals surface area contributed by atoms with Crippen LogP contribution in [0.4, 0.5) is 0 Å². The van der Waals surface area contributed by atoms with Gasteiger partial charge in [-0.2, -0.15) is 0 Å². The van der Waals surface area contributed by atoms with E-state index in [4.69, 9.17) is 8.83 Å². The van der Waals surface area contributed by atoms with Gasteiger partial charge in [0.15, 0.2) is 22.8 Å². The van der Waals surface area contributed by atoms with Crippen molar-refractivity contribution in [2.45, 2.75) is 0 Å². The fourth-order valence-corrected chi connectivity index (χ4v) is 4.90. The average Bonchev–Trinajstić information content (AvgIpc) is 3.55. The molecule has 0 aliphatic carbocycles. The lowest BCUT2D eigenvalue weighted by Gasteiger charge is -2.02. The van der Waals surface area contributed by atoms with Gasteiger partial charge in [-0.05, 0) is 59.7 Å². The second kappa shape index (κ2) is 8.01. The summed E-state index contributed by atoms with van der Waals surface area (Å²) in [5, 5.41) is 1.85. The molecule has 0 radical (unpaired) electrons. The Bertz CT molecular complexity index is 1980. The van der Waals surface area contributed by atoms with Gasteiger partial charge in [0.2, 0.25) is 0 Å². The molecule has 2 aromatic carbocycles. The highest BCUT2D eigenvalue weighted by Gasteiger charge is 2.18. The number of benzene rings is 2. The Balaban J connectivity index is 1.29. The minimum atomic E-state index is 0.601. The van der Waals surface area contributed by atoms with Gasteiger partial charge >= 0.3 is 0 Å². The molecule has 6 aromatic heterocycles. The van der Waals surface area contributed by atoms with Crippen molar-refractivity contribution in [2.75, 3.05) is 0 Å². The molecule has 0 spiro atoms. The second-order valence-corrected chi connectivity index (χ2v) is 8.84. The number of hydrogen-bond acceptors (Lipinski definition) is 8. The van der Waals surface area contributed by atoms with Crippen molar-refractivity contribution < 1.29 is 8.83 Å². The van der Waals surface area contributed by atoms with Crippen LogP contribution < -0.4 is 0 Å². The average molecular weight is 492 g/mol. The molecule has 8 aromatic rings. The minimum absolute atomic E-state index is 0.601. The standard InChI is InChI=1S/C30H16N6O2/c1-9-33-29(34-10-1)19-7-13-31-25-21-15-17(3-5-23(21)37-27(19)25)18-4-6-24-22(16-18)26-28(38-24)20(8-14-32-26)30-35-11-2-12-36-30/h1-16H. The smallest absolute Gasteiger partial charge is 0.164 e. The van der Waals surface area contributed by atoms with Gasteiger partial charge in [0.25, 0.3) is 0 Å². The van der Waals surface area contributed by atoms with Gasteiger partial charge in [-0.1, -0.05) is 12.1 Å². The SMILES string of the molecule is c1cnc(-c2ccnc3c2oc2ccc(-c4ccc5oc6c(-c7ncccn7)ccnc6c5c4)cc23)nc1. The largest absolute Gasteiger partial charge is 0.454 e. The van der Waals surface area contributed by atoms with Gasteiger partial charge in [0.05, 0.1) is 11.1 Å². The van der Waals surface area contributed by atoms with Crippen molar-refractivity contribution in [3.8, 4) is 33.9 Å². The Morgan fingerprint density at radius 3 is 1.34 bits per heavy atom. The van der Waals surface area contributed by atoms with Gasteiger partial charge in [0.1, 0.15) is 22.2 Å². The summed E-state index contributed by atoms with van der Waals surface area (Å²) in [5.41, 5.74) is 8.07. The highest BCUT2D eigenvalue weighted by Crippen LogP contribution is 2.38. The van der Waals surface area contributed by atoms with E-state index in [9.17, 15) is 0 Å². The molecule has 0 fully saturated rings. The first-order valence-corrected chi connectivity index (χ1v) is 12.0. The summed E-state index contributed by atoms with van der Waals surface area (Å²) in [6.07, 6.45) is 10.4. The number of aromatic nitrogens is 6. The third kappa shape index (κ3) is 3.10. The van der Waals surface area contributed by atoms with Crippen molar-refractivity contribution in [1.82, 2.24) is 29.9 Å². The third-order valence-corrected chi connectivity index (χ3v) is 6.65. The van der Waals surface area contributed by atoms with E-state index >= 15 is 0 Å². The third-order valence-electron chi connectivity index (χ3n) is 6.65. The number of rotatable bonds is 3. The summed E-state index contributed by atoms with van der Waals surface area (Å²) in [4.78, 5) is 26.8. The Morgan fingerprint density at radius 2 is 0.895 bits per heavy atom. The monoisotopic (exact) mass is 492 g/mol. The molecule has 8 rings (SSSR count). The highest BCUT2D eigenvalue weighted by atomic mass is 16.3. The Morgan fingerprint density at radius 1 is 0.447 bits per heavy atom. The van der Waals surface area contributed by atoms with Crippen LogP contribution >= 0.6 is 0 Å². The lowest BCUT2D eigenvalue weighted by molar-refractivity contribution is 0.668. The molecule has 0 N–H and O–H groups in total. The summed E-state index contributed by atoms with van der Waals surface area (Å²) in [7, 11) is 0. The molecule has 0 unspecified atom stereocenters. The fraction of sp³-hybridized carbons (Fsp3) is 0. The molecule has 8 nitrogen and oxygen atoms in total. The molecule has 0 bridgehead atoms. The minimum Gasteiger partial charge on any atom is -0.454 e. The quantitative estimate of drug-likeness (QED) is 0.264. The van der Waals surface area contributed by atoms with Crippen LogP contribution in [0.1, 0.15) is 0 Å². The topological polar surface area (TPSA) is 104 Å². The first kappa shape index (κ1) is 20.7. The van der Waals surface area contributed by atoms with Gasteiger partial charge in [0, 0.05) is 48.0 Å². The molecule has 0 amide bonds. The predicted molar refractivity (Wildman–Crippen MR) is 144 cm³/mol. The number of hydrogen-bond donors (Lipinski definition) is 0. The van der Waals surface area contributed by atoms with Crippen LogP contribution in [0.5, 0.6) is 0 Å². The van der Waals surface area contributed by atoms with Crippen molar-refractivity contribution in [2.24, 2.45) is 0 Å². The molecular formula is C30H16N6O2. The molecular weight excluding hydrogens is 476 g/mol. The molecule has 178 valence electrons. The zero-order valence-electron chi connectivity index (χ0n) is 19.7. The van der Waals surface area contributed by atoms with Crippen LogP contribution in [0, 0.1) is 0 Å². The number of pyridine rings is 2. The van der Waals surface area contributed by atoms with E-state index in [1.54, 1.807) is 49.3 Å². The van der Waals surface area contributed by atoms with Crippen LogP contribution in [0.15, 0.2) is 107 Å². The fourth-order valence-electron chi connectivity index (χ4n) is 4.90. The predicted octanol–water partition coefficient (Wildman–Crippen LogP) is 6.86. The summed E-state index contributed by atoms with van der Waals surface area (Å²) in [5.74, 6) is 1.20. The maximum Gasteiger partial charge on any atom is 0.164 e. The molecule has 0 aliphatic heterocycles. The van der Waals surface area contributed by atoms with Crippen LogP contribution in [-0.2, 0) is 0 Å². The van der Waals surface area contributed by atoms with Gasteiger partial charge in [-0.3, -0.25) is 9.97 Å². The zero-order chi connectivity index (χ0) is 25.1. The lowest BCUT2D eigenvalue weighted by Crippen LogP contribution is -1.88. The van der Waals surface area contributed by atoms with Crippen LogP contribution in [0.2, 0.25) is 0 Å². The van der Waals surface area contributed by atoms with Gasteiger partial charge in [-0.25, -0.2) is 19.9 Å². The maximum atomic E-state index is 6.22. The number of nitrogens with zero attached hydrogens (tertiary/aromatic N) is 6. The molecule has 38 heavy (non-hydrogen) atoms. The van der Waals surface area contributed by atoms with Crippen molar-refractivity contribution in [3.05, 3.63) is 97.8 Å². The van der Waals surface area contributed by atoms with E-state index in [1.807, 2.05) is 36.4 Å². The second-order valence-electron chi connectivity index (χ2n) is 8.84. The Labute approximate surface area is 214 Å². The molecule has 0 atom stereocenters. The summed E-state index contributed by atoms with van der Waals surface area (Å²) >= 11 is 0. The highest BCUT2D eigenvalue weighted by molar-refractivity contribution is 6.10. The molecule has 8 heteroatoms. The van der Waals surface area contributed by atoms with E-state index in [2.05, 4.69) is 42.0 Å². The van der Waals surface area contributed by atoms with Crippen LogP contribution in [0.3, 0.4) is 0 Å². The van der Waals surface area contributed by atoms with Crippen molar-refractivity contribution in [1.29, 1.82) is 0 Å². The summed E-state index contributed by atoms with van der Waals surface area (Å²) < 4.78 is 12.4. The van der Waals surface area contributed by atoms with E-state index in [0.717, 1.165) is 55.2 Å². The molecule has 6 heterocycles. The summed E-state index contributed by atoms with van der Waals surface area (Å²) in [6, 6.07) is 19.6. The molecule has 0 saturated carbocycles. The molecule has 0 aliphatic rings. The van der Waals surface area contributed by atoms with Crippen molar-refractivity contribution in [3.63, 3.8) is 0 Å². The van der Waals surface area contributed by atoms with Crippen LogP contribution in [-0.4, -0.2) is 29.9 Å². The number of fused-ring (bicyclic) bond motifs is 6. The van der Waals surface area contributed by atoms with Crippen molar-refractivity contribution >= 4 is 44.1 Å². The van der Waals surface area contributed by atoms with Gasteiger partial charge < -0.3 is 8.83 Å². The maximum absolute atomic E-state index is 6.22. The van der Waals surface area contributed by atoms with E-state index in [1.165, 1.54) is 0 Å². The zero-order valence-corrected chi connectivity index (χ0v) is 19.7. The first-order chi connectivity index (χ1) is 18.8. The Kier molecular flexibility index (Phi) is 4.35. The summed E-state index contributed by atoms with van der Waals surface area (Å²) in [6.45, 7) is 0. The lowest BCUT2D eigenvalue weighted by atomic mass is 10.0. The Hall–Kier alpha value is -5.50.